The Kier molecular flexibility index (Phi) is 4.11. The van der Waals surface area contributed by atoms with Crippen LogP contribution in [0.4, 0.5) is 24.5 Å². The lowest BCUT2D eigenvalue weighted by molar-refractivity contribution is -0.149. The van der Waals surface area contributed by atoms with Crippen LogP contribution in [0.25, 0.3) is 0 Å². The molecule has 0 radical (unpaired) electrons. The van der Waals surface area contributed by atoms with Gasteiger partial charge in [-0.05, 0) is 6.07 Å². The summed E-state index contributed by atoms with van der Waals surface area (Å²) in [5, 5.41) is 0. The van der Waals surface area contributed by atoms with Gasteiger partial charge in [-0.2, -0.15) is 13.2 Å². The number of hydrogen-bond acceptors (Lipinski definition) is 3. The molecule has 18 heavy (non-hydrogen) atoms. The van der Waals surface area contributed by atoms with E-state index in [2.05, 4.69) is 0 Å². The molecular weight excluding hydrogens is 243 g/mol. The second kappa shape index (κ2) is 5.06. The van der Waals surface area contributed by atoms with E-state index in [0.717, 1.165) is 0 Å². The SMILES string of the molecule is CN(C)c1cccc([C@H](N)C(F)(F)F)c1N(C)C. The lowest BCUT2D eigenvalue weighted by Gasteiger charge is -2.28. The molecule has 1 atom stereocenters. The summed E-state index contributed by atoms with van der Waals surface area (Å²) in [5.41, 5.74) is 6.59. The highest BCUT2D eigenvalue weighted by Gasteiger charge is 2.39. The molecule has 102 valence electrons. The molecule has 1 aromatic rings. The van der Waals surface area contributed by atoms with Gasteiger partial charge in [0.25, 0.3) is 0 Å². The van der Waals surface area contributed by atoms with Gasteiger partial charge in [-0.1, -0.05) is 12.1 Å². The van der Waals surface area contributed by atoms with E-state index in [1.807, 2.05) is 0 Å². The first-order chi connectivity index (χ1) is 8.16. The van der Waals surface area contributed by atoms with Gasteiger partial charge in [0.05, 0.1) is 11.4 Å². The summed E-state index contributed by atoms with van der Waals surface area (Å²) in [6, 6.07) is 2.79. The van der Waals surface area contributed by atoms with Crippen LogP contribution >= 0.6 is 0 Å². The number of halogens is 3. The quantitative estimate of drug-likeness (QED) is 0.906. The number of anilines is 2. The average molecular weight is 261 g/mol. The summed E-state index contributed by atoms with van der Waals surface area (Å²) in [5.74, 6) is 0. The van der Waals surface area contributed by atoms with Crippen molar-refractivity contribution in [3.63, 3.8) is 0 Å². The van der Waals surface area contributed by atoms with Gasteiger partial charge in [0.15, 0.2) is 0 Å². The third-order valence-corrected chi connectivity index (χ3v) is 2.66. The van der Waals surface area contributed by atoms with Crippen molar-refractivity contribution in [1.82, 2.24) is 0 Å². The minimum Gasteiger partial charge on any atom is -0.376 e. The summed E-state index contributed by atoms with van der Waals surface area (Å²) in [6.45, 7) is 0. The van der Waals surface area contributed by atoms with Gasteiger partial charge in [0.1, 0.15) is 6.04 Å². The van der Waals surface area contributed by atoms with Gasteiger partial charge in [0.2, 0.25) is 0 Å². The molecule has 1 aromatic carbocycles. The minimum absolute atomic E-state index is 0.0821. The second-order valence-electron chi connectivity index (χ2n) is 4.52. The van der Waals surface area contributed by atoms with Crippen molar-refractivity contribution < 1.29 is 13.2 Å². The minimum atomic E-state index is -4.45. The second-order valence-corrected chi connectivity index (χ2v) is 4.52. The molecule has 2 N–H and O–H groups in total. The highest BCUT2D eigenvalue weighted by atomic mass is 19.4. The van der Waals surface area contributed by atoms with Crippen LogP contribution in [0.1, 0.15) is 11.6 Å². The predicted octanol–water partition coefficient (Wildman–Crippen LogP) is 2.38. The third kappa shape index (κ3) is 2.87. The Labute approximate surface area is 105 Å². The molecule has 0 fully saturated rings. The first-order valence-electron chi connectivity index (χ1n) is 5.46. The molecule has 0 aromatic heterocycles. The first kappa shape index (κ1) is 14.6. The molecule has 0 aliphatic carbocycles. The number of benzene rings is 1. The molecule has 0 bridgehead atoms. The number of hydrogen-bond donors (Lipinski definition) is 1. The standard InChI is InChI=1S/C12H18F3N3/c1-17(2)9-7-5-6-8(10(9)18(3)4)11(16)12(13,14)15/h5-7,11H,16H2,1-4H3/t11-/m0/s1. The van der Waals surface area contributed by atoms with E-state index in [0.29, 0.717) is 11.4 Å². The van der Waals surface area contributed by atoms with Crippen LogP contribution in [0, 0.1) is 0 Å². The molecule has 0 amide bonds. The van der Waals surface area contributed by atoms with Crippen LogP contribution < -0.4 is 15.5 Å². The topological polar surface area (TPSA) is 32.5 Å². The lowest BCUT2D eigenvalue weighted by Crippen LogP contribution is -2.31. The zero-order chi connectivity index (χ0) is 14.1. The van der Waals surface area contributed by atoms with E-state index in [1.54, 1.807) is 50.1 Å². The van der Waals surface area contributed by atoms with Crippen LogP contribution in [0.5, 0.6) is 0 Å². The molecule has 6 heteroatoms. The maximum Gasteiger partial charge on any atom is 0.407 e. The largest absolute Gasteiger partial charge is 0.407 e. The number of nitrogens with two attached hydrogens (primary N) is 1. The van der Waals surface area contributed by atoms with Gasteiger partial charge in [-0.3, -0.25) is 0 Å². The van der Waals surface area contributed by atoms with Crippen molar-refractivity contribution in [2.75, 3.05) is 38.0 Å². The summed E-state index contributed by atoms with van der Waals surface area (Å²) < 4.78 is 38.3. The Bertz CT molecular complexity index is 414. The molecule has 1 rings (SSSR count). The summed E-state index contributed by atoms with van der Waals surface area (Å²) in [7, 11) is 6.97. The highest BCUT2D eigenvalue weighted by molar-refractivity contribution is 5.74. The van der Waals surface area contributed by atoms with Crippen LogP contribution in [0.15, 0.2) is 18.2 Å². The fraction of sp³-hybridized carbons (Fsp3) is 0.500. The van der Waals surface area contributed by atoms with Gasteiger partial charge < -0.3 is 15.5 Å². The summed E-state index contributed by atoms with van der Waals surface area (Å²) in [6.07, 6.45) is -4.45. The van der Waals surface area contributed by atoms with E-state index >= 15 is 0 Å². The van der Waals surface area contributed by atoms with Crippen molar-refractivity contribution in [2.45, 2.75) is 12.2 Å². The van der Waals surface area contributed by atoms with Gasteiger partial charge in [0, 0.05) is 33.8 Å². The fourth-order valence-corrected chi connectivity index (χ4v) is 1.82. The highest BCUT2D eigenvalue weighted by Crippen LogP contribution is 2.39. The van der Waals surface area contributed by atoms with E-state index in [9.17, 15) is 13.2 Å². The van der Waals surface area contributed by atoms with Crippen LogP contribution in [-0.2, 0) is 0 Å². The van der Waals surface area contributed by atoms with Crippen LogP contribution in [0.3, 0.4) is 0 Å². The molecular formula is C12H18F3N3. The molecule has 0 saturated carbocycles. The molecule has 0 aliphatic heterocycles. The molecule has 0 saturated heterocycles. The van der Waals surface area contributed by atoms with Gasteiger partial charge >= 0.3 is 6.18 Å². The zero-order valence-electron chi connectivity index (χ0n) is 10.9. The third-order valence-electron chi connectivity index (χ3n) is 2.66. The monoisotopic (exact) mass is 261 g/mol. The Balaban J connectivity index is 3.40. The van der Waals surface area contributed by atoms with Crippen molar-refractivity contribution in [1.29, 1.82) is 0 Å². The van der Waals surface area contributed by atoms with E-state index in [-0.39, 0.29) is 5.56 Å². The summed E-state index contributed by atoms with van der Waals surface area (Å²) >= 11 is 0. The van der Waals surface area contributed by atoms with Crippen molar-refractivity contribution in [3.8, 4) is 0 Å². The number of alkyl halides is 3. The average Bonchev–Trinajstić information content (AvgIpc) is 2.25. The molecule has 0 spiro atoms. The normalized spacial score (nSPS) is 13.3. The van der Waals surface area contributed by atoms with Crippen molar-refractivity contribution in [2.24, 2.45) is 5.73 Å². The molecule has 0 heterocycles. The molecule has 0 aliphatic rings. The van der Waals surface area contributed by atoms with E-state index in [4.69, 9.17) is 5.73 Å². The number of rotatable bonds is 3. The van der Waals surface area contributed by atoms with E-state index in [1.165, 1.54) is 6.07 Å². The maximum atomic E-state index is 12.8. The zero-order valence-corrected chi connectivity index (χ0v) is 10.9. The predicted molar refractivity (Wildman–Crippen MR) is 68.1 cm³/mol. The molecule has 0 unspecified atom stereocenters. The van der Waals surface area contributed by atoms with Gasteiger partial charge in [-0.25, -0.2) is 0 Å². The number of para-hydroxylation sites is 1. The lowest BCUT2D eigenvalue weighted by atomic mass is 10.0. The summed E-state index contributed by atoms with van der Waals surface area (Å²) in [4.78, 5) is 3.41. The smallest absolute Gasteiger partial charge is 0.376 e. The Morgan fingerprint density at radius 1 is 1.06 bits per heavy atom. The van der Waals surface area contributed by atoms with Crippen LogP contribution in [0.2, 0.25) is 0 Å². The Morgan fingerprint density at radius 2 is 1.61 bits per heavy atom. The van der Waals surface area contributed by atoms with Crippen molar-refractivity contribution >= 4 is 11.4 Å². The van der Waals surface area contributed by atoms with E-state index < -0.39 is 12.2 Å². The first-order valence-corrected chi connectivity index (χ1v) is 5.46. The van der Waals surface area contributed by atoms with Crippen LogP contribution in [-0.4, -0.2) is 34.4 Å². The Hall–Kier alpha value is -1.43. The fourth-order valence-electron chi connectivity index (χ4n) is 1.82. The van der Waals surface area contributed by atoms with Gasteiger partial charge in [-0.15, -0.1) is 0 Å². The van der Waals surface area contributed by atoms with Crippen molar-refractivity contribution in [3.05, 3.63) is 23.8 Å². The Morgan fingerprint density at radius 3 is 2.00 bits per heavy atom. The number of nitrogens with zero attached hydrogens (tertiary/aromatic N) is 2. The maximum absolute atomic E-state index is 12.8. The molecule has 3 nitrogen and oxygen atoms in total.